The highest BCUT2D eigenvalue weighted by molar-refractivity contribution is 5.99. The first-order valence-electron chi connectivity index (χ1n) is 18.9. The molecule has 1 saturated carbocycles. The molecule has 6 rings (SSSR count). The number of fused-ring (bicyclic) bond motifs is 4. The fourth-order valence-corrected chi connectivity index (χ4v) is 7.92. The van der Waals surface area contributed by atoms with Crippen molar-refractivity contribution in [3.63, 3.8) is 0 Å². The van der Waals surface area contributed by atoms with Gasteiger partial charge in [0, 0.05) is 23.1 Å². The van der Waals surface area contributed by atoms with E-state index >= 15 is 0 Å². The van der Waals surface area contributed by atoms with Crippen LogP contribution >= 0.6 is 0 Å². The molecule has 0 aliphatic heterocycles. The van der Waals surface area contributed by atoms with Crippen molar-refractivity contribution in [1.82, 2.24) is 15.6 Å². The van der Waals surface area contributed by atoms with Gasteiger partial charge < -0.3 is 31.4 Å². The molecule has 0 unspecified atom stereocenters. The standard InChI is InChI=1S/C42H51N5O5/c1-2-12-28-24-39(48)45-37-25-29(20-21-30(28)37)44-40(49)36(19-10-11-22-43)46-41(50)38(23-27-13-4-3-5-14-27)47-42(51)52-26-35-33-17-8-6-15-31(33)32-16-7-9-18-34(32)35/h6-9,15-18,20-21,24-25,27,35-36,38H,2-5,10-14,19,22-23,26,43H2,1H3,(H,44,49)(H,45,48)(H,46,50)(H,47,51)/t36-,38-/m0/s1. The molecular formula is C42H51N5O5. The van der Waals surface area contributed by atoms with Crippen molar-refractivity contribution in [2.75, 3.05) is 18.5 Å². The molecule has 0 radical (unpaired) electrons. The highest BCUT2D eigenvalue weighted by Gasteiger charge is 2.32. The van der Waals surface area contributed by atoms with Gasteiger partial charge in [0.1, 0.15) is 18.7 Å². The summed E-state index contributed by atoms with van der Waals surface area (Å²) in [5, 5.41) is 9.72. The Balaban J connectivity index is 1.15. The maximum atomic E-state index is 14.0. The Morgan fingerprint density at radius 1 is 0.865 bits per heavy atom. The number of carbonyl (C=O) groups is 3. The zero-order chi connectivity index (χ0) is 36.5. The van der Waals surface area contributed by atoms with Crippen LogP contribution in [-0.4, -0.2) is 48.1 Å². The van der Waals surface area contributed by atoms with Gasteiger partial charge in [0.05, 0.1) is 5.52 Å². The average molecular weight is 706 g/mol. The Hall–Kier alpha value is -4.96. The molecule has 0 bridgehead atoms. The number of unbranched alkanes of at least 4 members (excludes halogenated alkanes) is 1. The van der Waals surface area contributed by atoms with Crippen LogP contribution in [0, 0.1) is 5.92 Å². The summed E-state index contributed by atoms with van der Waals surface area (Å²) in [5.41, 5.74) is 12.2. The summed E-state index contributed by atoms with van der Waals surface area (Å²) < 4.78 is 5.84. The third-order valence-corrected chi connectivity index (χ3v) is 10.5. The van der Waals surface area contributed by atoms with Crippen molar-refractivity contribution in [3.05, 3.63) is 99.8 Å². The second kappa shape index (κ2) is 17.5. The number of pyridine rings is 1. The number of ether oxygens (including phenoxy) is 1. The molecule has 0 spiro atoms. The van der Waals surface area contributed by atoms with Gasteiger partial charge in [0.2, 0.25) is 17.4 Å². The predicted molar refractivity (Wildman–Crippen MR) is 205 cm³/mol. The lowest BCUT2D eigenvalue weighted by molar-refractivity contribution is -0.128. The van der Waals surface area contributed by atoms with Gasteiger partial charge in [0.15, 0.2) is 0 Å². The van der Waals surface area contributed by atoms with E-state index in [4.69, 9.17) is 10.5 Å². The fraction of sp³-hybridized carbons (Fsp3) is 0.429. The number of aryl methyl sites for hydroxylation is 1. The van der Waals surface area contributed by atoms with E-state index in [2.05, 4.69) is 52.1 Å². The average Bonchev–Trinajstić information content (AvgIpc) is 3.47. The van der Waals surface area contributed by atoms with Gasteiger partial charge in [-0.05, 0) is 84.5 Å². The van der Waals surface area contributed by atoms with Crippen LogP contribution in [0.2, 0.25) is 0 Å². The summed E-state index contributed by atoms with van der Waals surface area (Å²) >= 11 is 0. The second-order valence-electron chi connectivity index (χ2n) is 14.3. The Bertz CT molecular complexity index is 1890. The fourth-order valence-electron chi connectivity index (χ4n) is 7.92. The summed E-state index contributed by atoms with van der Waals surface area (Å²) in [7, 11) is 0. The first-order valence-corrected chi connectivity index (χ1v) is 18.9. The van der Waals surface area contributed by atoms with E-state index in [1.165, 1.54) is 6.42 Å². The Kier molecular flexibility index (Phi) is 12.4. The normalized spacial score (nSPS) is 15.3. The molecule has 274 valence electrons. The van der Waals surface area contributed by atoms with Crippen molar-refractivity contribution in [2.45, 2.75) is 95.6 Å². The van der Waals surface area contributed by atoms with E-state index in [0.717, 1.165) is 71.7 Å². The highest BCUT2D eigenvalue weighted by Crippen LogP contribution is 2.44. The summed E-state index contributed by atoms with van der Waals surface area (Å²) in [6, 6.07) is 21.6. The Labute approximate surface area is 305 Å². The molecule has 1 heterocycles. The van der Waals surface area contributed by atoms with Gasteiger partial charge in [-0.15, -0.1) is 0 Å². The number of aromatic amines is 1. The van der Waals surface area contributed by atoms with Crippen LogP contribution in [0.4, 0.5) is 10.5 Å². The van der Waals surface area contributed by atoms with Crippen molar-refractivity contribution >= 4 is 34.5 Å². The van der Waals surface area contributed by atoms with Crippen LogP contribution in [0.25, 0.3) is 22.0 Å². The minimum absolute atomic E-state index is 0.106. The quantitative estimate of drug-likeness (QED) is 0.0847. The Morgan fingerprint density at radius 3 is 2.27 bits per heavy atom. The number of rotatable bonds is 15. The van der Waals surface area contributed by atoms with Crippen LogP contribution in [0.3, 0.4) is 0 Å². The van der Waals surface area contributed by atoms with Gasteiger partial charge in [-0.25, -0.2) is 4.79 Å². The number of nitrogens with one attached hydrogen (secondary N) is 4. The van der Waals surface area contributed by atoms with Crippen molar-refractivity contribution in [2.24, 2.45) is 11.7 Å². The van der Waals surface area contributed by atoms with Crippen molar-refractivity contribution < 1.29 is 19.1 Å². The van der Waals surface area contributed by atoms with E-state index in [-0.39, 0.29) is 29.9 Å². The molecule has 3 amide bonds. The minimum atomic E-state index is -0.869. The number of amides is 3. The van der Waals surface area contributed by atoms with E-state index in [1.807, 2.05) is 30.3 Å². The number of alkyl carbamates (subject to hydrolysis) is 1. The van der Waals surface area contributed by atoms with Gasteiger partial charge in [-0.1, -0.05) is 100 Å². The number of carbonyl (C=O) groups excluding carboxylic acids is 3. The number of hydrogen-bond donors (Lipinski definition) is 5. The lowest BCUT2D eigenvalue weighted by atomic mass is 9.84. The number of anilines is 1. The lowest BCUT2D eigenvalue weighted by Crippen LogP contribution is -2.53. The topological polar surface area (TPSA) is 155 Å². The van der Waals surface area contributed by atoms with Gasteiger partial charge in [-0.2, -0.15) is 0 Å². The van der Waals surface area contributed by atoms with Crippen LogP contribution in [0.5, 0.6) is 0 Å². The monoisotopic (exact) mass is 705 g/mol. The first kappa shape index (κ1) is 36.8. The predicted octanol–water partition coefficient (Wildman–Crippen LogP) is 6.91. The van der Waals surface area contributed by atoms with Crippen LogP contribution in [-0.2, 0) is 20.7 Å². The summed E-state index contributed by atoms with van der Waals surface area (Å²) in [6.45, 7) is 2.67. The van der Waals surface area contributed by atoms with E-state index in [1.54, 1.807) is 18.2 Å². The first-order chi connectivity index (χ1) is 25.3. The molecule has 2 atom stereocenters. The molecule has 3 aromatic carbocycles. The smallest absolute Gasteiger partial charge is 0.407 e. The molecule has 0 saturated heterocycles. The maximum absolute atomic E-state index is 14.0. The number of H-pyrrole nitrogens is 1. The molecule has 6 N–H and O–H groups in total. The molecule has 2 aliphatic carbocycles. The minimum Gasteiger partial charge on any atom is -0.449 e. The SMILES string of the molecule is CCCc1cc(=O)[nH]c2cc(NC(=O)[C@H](CCCCN)NC(=O)[C@H](CC3CCCCC3)NC(=O)OCC3c4ccccc4-c4ccccc43)ccc12. The van der Waals surface area contributed by atoms with E-state index < -0.39 is 24.1 Å². The number of aromatic nitrogens is 1. The molecule has 1 fully saturated rings. The molecule has 10 heteroatoms. The third-order valence-electron chi connectivity index (χ3n) is 10.5. The molecule has 2 aliphatic rings. The largest absolute Gasteiger partial charge is 0.449 e. The summed E-state index contributed by atoms with van der Waals surface area (Å²) in [4.78, 5) is 56.4. The number of hydrogen-bond acceptors (Lipinski definition) is 6. The van der Waals surface area contributed by atoms with Crippen molar-refractivity contribution in [1.29, 1.82) is 0 Å². The zero-order valence-corrected chi connectivity index (χ0v) is 30.0. The molecule has 52 heavy (non-hydrogen) atoms. The third kappa shape index (κ3) is 8.91. The van der Waals surface area contributed by atoms with Crippen LogP contribution in [0.1, 0.15) is 93.7 Å². The molecule has 4 aromatic rings. The van der Waals surface area contributed by atoms with Gasteiger partial charge in [-0.3, -0.25) is 14.4 Å². The molecular weight excluding hydrogens is 654 g/mol. The summed E-state index contributed by atoms with van der Waals surface area (Å²) in [6.07, 6.45) is 8.50. The Morgan fingerprint density at radius 2 is 1.58 bits per heavy atom. The van der Waals surface area contributed by atoms with Crippen LogP contribution in [0.15, 0.2) is 77.6 Å². The summed E-state index contributed by atoms with van der Waals surface area (Å²) in [5.74, 6) is -0.626. The van der Waals surface area contributed by atoms with E-state index in [0.29, 0.717) is 43.4 Å². The van der Waals surface area contributed by atoms with E-state index in [9.17, 15) is 19.2 Å². The lowest BCUT2D eigenvalue weighted by Gasteiger charge is -2.28. The van der Waals surface area contributed by atoms with Crippen LogP contribution < -0.4 is 27.2 Å². The number of benzene rings is 3. The number of nitrogens with two attached hydrogens (primary N) is 1. The highest BCUT2D eigenvalue weighted by atomic mass is 16.5. The zero-order valence-electron chi connectivity index (χ0n) is 30.0. The van der Waals surface area contributed by atoms with Gasteiger partial charge >= 0.3 is 6.09 Å². The maximum Gasteiger partial charge on any atom is 0.407 e. The molecule has 10 nitrogen and oxygen atoms in total. The van der Waals surface area contributed by atoms with Gasteiger partial charge in [0.25, 0.3) is 0 Å². The second-order valence-corrected chi connectivity index (χ2v) is 14.3. The van der Waals surface area contributed by atoms with Crippen molar-refractivity contribution in [3.8, 4) is 11.1 Å². The molecule has 1 aromatic heterocycles.